The van der Waals surface area contributed by atoms with E-state index in [4.69, 9.17) is 21.3 Å². The molecule has 4 rings (SSSR count). The van der Waals surface area contributed by atoms with Crippen molar-refractivity contribution in [1.29, 1.82) is 0 Å². The number of aromatic nitrogens is 2. The van der Waals surface area contributed by atoms with Gasteiger partial charge in [0.25, 0.3) is 0 Å². The first-order valence-electron chi connectivity index (χ1n) is 10.4. The maximum absolute atomic E-state index is 12.8. The number of nitrogens with zero attached hydrogens (tertiary/aromatic N) is 3. The van der Waals surface area contributed by atoms with Gasteiger partial charge in [-0.25, -0.2) is 18.1 Å². The van der Waals surface area contributed by atoms with Crippen LogP contribution in [0.15, 0.2) is 47.4 Å². The highest BCUT2D eigenvalue weighted by Crippen LogP contribution is 2.24. The molecule has 0 radical (unpaired) electrons. The van der Waals surface area contributed by atoms with Crippen LogP contribution in [0.1, 0.15) is 31.3 Å². The standard InChI is InChI=1S/C22H27ClN4O3S/c1-3-27-21-14-17(15-26-10-12-30-13-11-26)4-9-20(21)24-22(27)16(2)25-31(28,29)19-7-5-18(23)6-8-19/h4-9,14,16,25H,3,10-13,15H2,1-2H3. The van der Waals surface area contributed by atoms with E-state index in [1.807, 2.05) is 19.9 Å². The maximum Gasteiger partial charge on any atom is 0.241 e. The summed E-state index contributed by atoms with van der Waals surface area (Å²) in [6.45, 7) is 8.81. The predicted molar refractivity (Wildman–Crippen MR) is 122 cm³/mol. The molecular weight excluding hydrogens is 436 g/mol. The van der Waals surface area contributed by atoms with E-state index in [2.05, 4.69) is 26.3 Å². The third-order valence-electron chi connectivity index (χ3n) is 5.51. The Bertz CT molecular complexity index is 1160. The van der Waals surface area contributed by atoms with Crippen molar-refractivity contribution in [2.24, 2.45) is 0 Å². The molecule has 7 nitrogen and oxygen atoms in total. The van der Waals surface area contributed by atoms with E-state index in [9.17, 15) is 8.42 Å². The van der Waals surface area contributed by atoms with Crippen molar-refractivity contribution in [2.45, 2.75) is 37.9 Å². The Morgan fingerprint density at radius 1 is 1.16 bits per heavy atom. The number of sulfonamides is 1. The summed E-state index contributed by atoms with van der Waals surface area (Å²) in [4.78, 5) is 7.30. The molecule has 3 aromatic rings. The highest BCUT2D eigenvalue weighted by Gasteiger charge is 2.23. The van der Waals surface area contributed by atoms with Crippen molar-refractivity contribution in [3.05, 3.63) is 58.9 Å². The lowest BCUT2D eigenvalue weighted by molar-refractivity contribution is 0.0342. The van der Waals surface area contributed by atoms with Gasteiger partial charge >= 0.3 is 0 Å². The number of nitrogens with one attached hydrogen (secondary N) is 1. The molecule has 31 heavy (non-hydrogen) atoms. The van der Waals surface area contributed by atoms with Crippen molar-refractivity contribution in [3.8, 4) is 0 Å². The number of hydrogen-bond donors (Lipinski definition) is 1. The van der Waals surface area contributed by atoms with Gasteiger partial charge in [0.05, 0.1) is 35.2 Å². The lowest BCUT2D eigenvalue weighted by Crippen LogP contribution is -2.35. The van der Waals surface area contributed by atoms with Crippen LogP contribution in [0.2, 0.25) is 5.02 Å². The first kappa shape index (κ1) is 22.2. The molecule has 1 aliphatic rings. The molecular formula is C22H27ClN4O3S. The van der Waals surface area contributed by atoms with Crippen LogP contribution in [-0.2, 0) is 27.8 Å². The van der Waals surface area contributed by atoms with Crippen molar-refractivity contribution in [1.82, 2.24) is 19.2 Å². The second kappa shape index (κ2) is 9.26. The zero-order valence-corrected chi connectivity index (χ0v) is 19.3. The minimum absolute atomic E-state index is 0.177. The zero-order chi connectivity index (χ0) is 22.0. The quantitative estimate of drug-likeness (QED) is 0.580. The Balaban J connectivity index is 1.59. The largest absolute Gasteiger partial charge is 0.379 e. The van der Waals surface area contributed by atoms with Crippen molar-refractivity contribution in [2.75, 3.05) is 26.3 Å². The van der Waals surface area contributed by atoms with Gasteiger partial charge < -0.3 is 9.30 Å². The highest BCUT2D eigenvalue weighted by atomic mass is 35.5. The van der Waals surface area contributed by atoms with Crippen LogP contribution in [-0.4, -0.2) is 49.2 Å². The van der Waals surface area contributed by atoms with Gasteiger partial charge in [-0.15, -0.1) is 0 Å². The molecule has 0 amide bonds. The molecule has 2 heterocycles. The van der Waals surface area contributed by atoms with E-state index < -0.39 is 16.1 Å². The number of ether oxygens (including phenoxy) is 1. The van der Waals surface area contributed by atoms with Gasteiger partial charge in [0, 0.05) is 31.2 Å². The molecule has 1 aliphatic heterocycles. The summed E-state index contributed by atoms with van der Waals surface area (Å²) in [5, 5.41) is 0.493. The fraction of sp³-hybridized carbons (Fsp3) is 0.409. The van der Waals surface area contributed by atoms with Gasteiger partial charge in [-0.05, 0) is 55.8 Å². The molecule has 1 saturated heterocycles. The molecule has 0 spiro atoms. The van der Waals surface area contributed by atoms with Gasteiger partial charge in [0.1, 0.15) is 5.82 Å². The minimum atomic E-state index is -3.69. The second-order valence-electron chi connectivity index (χ2n) is 7.72. The first-order valence-corrected chi connectivity index (χ1v) is 12.3. The molecule has 9 heteroatoms. The van der Waals surface area contributed by atoms with Crippen LogP contribution < -0.4 is 4.72 Å². The fourth-order valence-electron chi connectivity index (χ4n) is 3.93. The van der Waals surface area contributed by atoms with Crippen LogP contribution in [0.4, 0.5) is 0 Å². The lowest BCUT2D eigenvalue weighted by atomic mass is 10.2. The normalized spacial score (nSPS) is 16.6. The number of halogens is 1. The lowest BCUT2D eigenvalue weighted by Gasteiger charge is -2.26. The van der Waals surface area contributed by atoms with Gasteiger partial charge in [-0.3, -0.25) is 4.90 Å². The minimum Gasteiger partial charge on any atom is -0.379 e. The summed E-state index contributed by atoms with van der Waals surface area (Å²) in [5.41, 5.74) is 3.09. The number of aryl methyl sites for hydroxylation is 1. The Morgan fingerprint density at radius 2 is 1.87 bits per heavy atom. The fourth-order valence-corrected chi connectivity index (χ4v) is 5.26. The van der Waals surface area contributed by atoms with Crippen LogP contribution in [0.3, 0.4) is 0 Å². The molecule has 0 bridgehead atoms. The summed E-state index contributed by atoms with van der Waals surface area (Å²) in [5.74, 6) is 0.693. The third-order valence-corrected chi connectivity index (χ3v) is 7.32. The van der Waals surface area contributed by atoms with Crippen LogP contribution in [0, 0.1) is 0 Å². The zero-order valence-electron chi connectivity index (χ0n) is 17.7. The van der Waals surface area contributed by atoms with E-state index in [1.54, 1.807) is 12.1 Å². The SMILES string of the molecule is CCn1c(C(C)NS(=O)(=O)c2ccc(Cl)cc2)nc2ccc(CN3CCOCC3)cc21. The predicted octanol–water partition coefficient (Wildman–Crippen LogP) is 3.58. The highest BCUT2D eigenvalue weighted by molar-refractivity contribution is 7.89. The number of morpholine rings is 1. The molecule has 1 N–H and O–H groups in total. The molecule has 1 unspecified atom stereocenters. The summed E-state index contributed by atoms with van der Waals surface area (Å²) >= 11 is 5.88. The Kier molecular flexibility index (Phi) is 6.64. The molecule has 0 saturated carbocycles. The molecule has 1 aromatic heterocycles. The topological polar surface area (TPSA) is 76.5 Å². The average Bonchev–Trinajstić information content (AvgIpc) is 3.12. The smallest absolute Gasteiger partial charge is 0.241 e. The summed E-state index contributed by atoms with van der Waals surface area (Å²) in [6, 6.07) is 11.9. The number of rotatable bonds is 7. The Hall–Kier alpha value is -1.97. The van der Waals surface area contributed by atoms with Gasteiger partial charge in [-0.1, -0.05) is 17.7 Å². The number of imidazole rings is 1. The van der Waals surface area contributed by atoms with Crippen molar-refractivity contribution in [3.63, 3.8) is 0 Å². The first-order chi connectivity index (χ1) is 14.9. The van der Waals surface area contributed by atoms with E-state index in [0.717, 1.165) is 43.9 Å². The van der Waals surface area contributed by atoms with Crippen LogP contribution >= 0.6 is 11.6 Å². The third kappa shape index (κ3) is 4.94. The van der Waals surface area contributed by atoms with Crippen LogP contribution in [0.5, 0.6) is 0 Å². The number of benzene rings is 2. The number of fused-ring (bicyclic) bond motifs is 1. The average molecular weight is 463 g/mol. The number of hydrogen-bond acceptors (Lipinski definition) is 5. The van der Waals surface area contributed by atoms with Gasteiger partial charge in [0.15, 0.2) is 0 Å². The van der Waals surface area contributed by atoms with Crippen molar-refractivity contribution >= 4 is 32.7 Å². The van der Waals surface area contributed by atoms with Gasteiger partial charge in [-0.2, -0.15) is 0 Å². The van der Waals surface area contributed by atoms with E-state index in [1.165, 1.54) is 17.7 Å². The monoisotopic (exact) mass is 462 g/mol. The Morgan fingerprint density at radius 3 is 2.55 bits per heavy atom. The van der Waals surface area contributed by atoms with E-state index >= 15 is 0 Å². The van der Waals surface area contributed by atoms with E-state index in [-0.39, 0.29) is 4.90 Å². The Labute approximate surface area is 188 Å². The van der Waals surface area contributed by atoms with Gasteiger partial charge in [0.2, 0.25) is 10.0 Å². The maximum atomic E-state index is 12.8. The van der Waals surface area contributed by atoms with Crippen LogP contribution in [0.25, 0.3) is 11.0 Å². The summed E-state index contributed by atoms with van der Waals surface area (Å²) < 4.78 is 35.9. The summed E-state index contributed by atoms with van der Waals surface area (Å²) in [7, 11) is -3.69. The molecule has 166 valence electrons. The van der Waals surface area contributed by atoms with Crippen molar-refractivity contribution < 1.29 is 13.2 Å². The molecule has 2 aromatic carbocycles. The molecule has 1 atom stereocenters. The molecule has 0 aliphatic carbocycles. The van der Waals surface area contributed by atoms with E-state index in [0.29, 0.717) is 17.4 Å². The summed E-state index contributed by atoms with van der Waals surface area (Å²) in [6.07, 6.45) is 0. The molecule has 1 fully saturated rings. The second-order valence-corrected chi connectivity index (χ2v) is 9.87.